The first kappa shape index (κ1) is 14.7. The van der Waals surface area contributed by atoms with Crippen LogP contribution in [0.5, 0.6) is 0 Å². The number of hydrogen-bond donors (Lipinski definition) is 2. The van der Waals surface area contributed by atoms with Crippen LogP contribution in [0.1, 0.15) is 45.7 Å². The third-order valence-corrected chi connectivity index (χ3v) is 3.14. The zero-order chi connectivity index (χ0) is 13.6. The highest BCUT2D eigenvalue weighted by Gasteiger charge is 2.31. The summed E-state index contributed by atoms with van der Waals surface area (Å²) in [4.78, 5) is 15.4. The lowest BCUT2D eigenvalue weighted by Gasteiger charge is -2.26. The van der Waals surface area contributed by atoms with Crippen LogP contribution in [0.15, 0.2) is 12.5 Å². The average Bonchev–Trinajstić information content (AvgIpc) is 2.75. The number of aromatic nitrogens is 2. The Hall–Kier alpha value is -1.36. The van der Waals surface area contributed by atoms with Crippen LogP contribution in [0.25, 0.3) is 0 Å². The maximum absolute atomic E-state index is 11.3. The summed E-state index contributed by atoms with van der Waals surface area (Å²) in [6.07, 6.45) is 6.07. The summed E-state index contributed by atoms with van der Waals surface area (Å²) in [5.41, 5.74) is 0.163. The number of rotatable bonds is 8. The lowest BCUT2D eigenvalue weighted by molar-refractivity contribution is -0.144. The number of aliphatic carboxylic acids is 1. The smallest absolute Gasteiger partial charge is 0.323 e. The van der Waals surface area contributed by atoms with E-state index < -0.39 is 11.5 Å². The van der Waals surface area contributed by atoms with Crippen LogP contribution in [-0.2, 0) is 17.9 Å². The van der Waals surface area contributed by atoms with Gasteiger partial charge in [0.2, 0.25) is 0 Å². The van der Waals surface area contributed by atoms with Crippen LogP contribution in [0, 0.1) is 0 Å². The topological polar surface area (TPSA) is 67.2 Å². The molecule has 1 rings (SSSR count). The van der Waals surface area contributed by atoms with E-state index in [4.69, 9.17) is 0 Å². The Morgan fingerprint density at radius 1 is 1.50 bits per heavy atom. The van der Waals surface area contributed by atoms with Gasteiger partial charge in [-0.2, -0.15) is 0 Å². The lowest BCUT2D eigenvalue weighted by atomic mass is 9.96. The molecule has 0 aliphatic heterocycles. The number of carboxylic acids is 1. The Morgan fingerprint density at radius 3 is 2.78 bits per heavy atom. The Morgan fingerprint density at radius 2 is 2.22 bits per heavy atom. The molecule has 0 fully saturated rings. The van der Waals surface area contributed by atoms with Gasteiger partial charge in [-0.25, -0.2) is 4.98 Å². The molecule has 5 nitrogen and oxygen atoms in total. The van der Waals surface area contributed by atoms with Crippen molar-refractivity contribution in [2.75, 3.05) is 0 Å². The van der Waals surface area contributed by atoms with Crippen molar-refractivity contribution in [2.45, 2.75) is 58.7 Å². The predicted octanol–water partition coefficient (Wildman–Crippen LogP) is 2.03. The predicted molar refractivity (Wildman–Crippen MR) is 70.3 cm³/mol. The molecule has 0 aliphatic carbocycles. The second-order valence-electron chi connectivity index (χ2n) is 4.82. The third-order valence-electron chi connectivity index (χ3n) is 3.14. The minimum absolute atomic E-state index is 0.531. The highest BCUT2D eigenvalue weighted by atomic mass is 16.4. The van der Waals surface area contributed by atoms with Gasteiger partial charge in [-0.15, -0.1) is 0 Å². The summed E-state index contributed by atoms with van der Waals surface area (Å²) >= 11 is 0. The van der Waals surface area contributed by atoms with Crippen molar-refractivity contribution in [1.82, 2.24) is 14.9 Å². The molecule has 0 amide bonds. The molecule has 0 saturated heterocycles. The SMILES string of the molecule is CCCn1cncc1CNC(C)(CCC)C(=O)O. The van der Waals surface area contributed by atoms with E-state index in [1.807, 2.05) is 6.92 Å². The highest BCUT2D eigenvalue weighted by molar-refractivity contribution is 5.78. The van der Waals surface area contributed by atoms with E-state index in [1.165, 1.54) is 0 Å². The molecule has 1 aromatic heterocycles. The van der Waals surface area contributed by atoms with Crippen molar-refractivity contribution >= 4 is 5.97 Å². The number of nitrogens with zero attached hydrogens (tertiary/aromatic N) is 2. The molecule has 0 aliphatic rings. The molecule has 1 aromatic rings. The first-order valence-electron chi connectivity index (χ1n) is 6.51. The standard InChI is InChI=1S/C13H23N3O2/c1-4-6-13(3,12(17)18)15-9-11-8-14-10-16(11)7-5-2/h8,10,15H,4-7,9H2,1-3H3,(H,17,18). The van der Waals surface area contributed by atoms with Crippen molar-refractivity contribution in [3.05, 3.63) is 18.2 Å². The molecule has 1 atom stereocenters. The molecule has 1 unspecified atom stereocenters. The van der Waals surface area contributed by atoms with Crippen LogP contribution in [0.2, 0.25) is 0 Å². The van der Waals surface area contributed by atoms with Gasteiger partial charge in [-0.3, -0.25) is 10.1 Å². The lowest BCUT2D eigenvalue weighted by Crippen LogP contribution is -2.49. The summed E-state index contributed by atoms with van der Waals surface area (Å²) in [6, 6.07) is 0. The van der Waals surface area contributed by atoms with E-state index >= 15 is 0 Å². The summed E-state index contributed by atoms with van der Waals surface area (Å²) < 4.78 is 2.06. The zero-order valence-electron chi connectivity index (χ0n) is 11.4. The molecule has 0 aromatic carbocycles. The number of carboxylic acid groups (broad SMARTS) is 1. The fourth-order valence-electron chi connectivity index (χ4n) is 1.99. The van der Waals surface area contributed by atoms with E-state index in [9.17, 15) is 9.90 Å². The molecule has 5 heteroatoms. The van der Waals surface area contributed by atoms with Gasteiger partial charge in [0.1, 0.15) is 5.54 Å². The molecular formula is C13H23N3O2. The molecule has 2 N–H and O–H groups in total. The van der Waals surface area contributed by atoms with E-state index in [0.29, 0.717) is 13.0 Å². The van der Waals surface area contributed by atoms with Crippen molar-refractivity contribution in [1.29, 1.82) is 0 Å². The van der Waals surface area contributed by atoms with E-state index in [-0.39, 0.29) is 0 Å². The molecular weight excluding hydrogens is 230 g/mol. The zero-order valence-corrected chi connectivity index (χ0v) is 11.4. The fraction of sp³-hybridized carbons (Fsp3) is 0.692. The summed E-state index contributed by atoms with van der Waals surface area (Å²) in [6.45, 7) is 7.27. The molecule has 0 spiro atoms. The van der Waals surface area contributed by atoms with Crippen molar-refractivity contribution in [3.63, 3.8) is 0 Å². The number of hydrogen-bond acceptors (Lipinski definition) is 3. The molecule has 1 heterocycles. The Bertz CT molecular complexity index is 389. The van der Waals surface area contributed by atoms with Gasteiger partial charge in [0.05, 0.1) is 12.0 Å². The Labute approximate surface area is 108 Å². The monoisotopic (exact) mass is 253 g/mol. The fourth-order valence-corrected chi connectivity index (χ4v) is 1.99. The van der Waals surface area contributed by atoms with Gasteiger partial charge in [0.15, 0.2) is 0 Å². The third kappa shape index (κ3) is 3.57. The Kier molecular flexibility index (Phi) is 5.34. The van der Waals surface area contributed by atoms with Gasteiger partial charge < -0.3 is 9.67 Å². The van der Waals surface area contributed by atoms with Crippen LogP contribution in [0.3, 0.4) is 0 Å². The van der Waals surface area contributed by atoms with Crippen molar-refractivity contribution in [3.8, 4) is 0 Å². The quantitative estimate of drug-likeness (QED) is 0.744. The van der Waals surface area contributed by atoms with Crippen molar-refractivity contribution in [2.24, 2.45) is 0 Å². The van der Waals surface area contributed by atoms with Crippen LogP contribution < -0.4 is 5.32 Å². The largest absolute Gasteiger partial charge is 0.480 e. The van der Waals surface area contributed by atoms with Gasteiger partial charge in [-0.05, 0) is 19.8 Å². The van der Waals surface area contributed by atoms with E-state index in [0.717, 1.165) is 25.1 Å². The molecule has 18 heavy (non-hydrogen) atoms. The van der Waals surface area contributed by atoms with E-state index in [2.05, 4.69) is 21.8 Å². The second-order valence-corrected chi connectivity index (χ2v) is 4.82. The van der Waals surface area contributed by atoms with Crippen LogP contribution in [-0.4, -0.2) is 26.2 Å². The average molecular weight is 253 g/mol. The first-order chi connectivity index (χ1) is 8.53. The minimum atomic E-state index is -0.865. The number of aryl methyl sites for hydroxylation is 1. The molecule has 0 saturated carbocycles. The Balaban J connectivity index is 2.67. The van der Waals surface area contributed by atoms with Crippen LogP contribution in [0.4, 0.5) is 0 Å². The minimum Gasteiger partial charge on any atom is -0.480 e. The summed E-state index contributed by atoms with van der Waals surface area (Å²) in [7, 11) is 0. The van der Waals surface area contributed by atoms with Crippen molar-refractivity contribution < 1.29 is 9.90 Å². The van der Waals surface area contributed by atoms with Gasteiger partial charge in [-0.1, -0.05) is 20.3 Å². The van der Waals surface area contributed by atoms with E-state index in [1.54, 1.807) is 19.4 Å². The van der Waals surface area contributed by atoms with Gasteiger partial charge in [0, 0.05) is 19.3 Å². The maximum atomic E-state index is 11.3. The number of carbonyl (C=O) groups is 1. The highest BCUT2D eigenvalue weighted by Crippen LogP contribution is 2.14. The van der Waals surface area contributed by atoms with Gasteiger partial charge in [0.25, 0.3) is 0 Å². The van der Waals surface area contributed by atoms with Crippen LogP contribution >= 0.6 is 0 Å². The molecule has 0 radical (unpaired) electrons. The molecule has 102 valence electrons. The second kappa shape index (κ2) is 6.54. The summed E-state index contributed by atoms with van der Waals surface area (Å²) in [5.74, 6) is -0.800. The van der Waals surface area contributed by atoms with Gasteiger partial charge >= 0.3 is 5.97 Å². The summed E-state index contributed by atoms with van der Waals surface area (Å²) in [5, 5.41) is 12.4. The number of imidazole rings is 1. The number of nitrogens with one attached hydrogen (secondary N) is 1. The normalized spacial score (nSPS) is 14.4. The maximum Gasteiger partial charge on any atom is 0.323 e. The molecule has 0 bridgehead atoms. The first-order valence-corrected chi connectivity index (χ1v) is 6.51.